The van der Waals surface area contributed by atoms with Gasteiger partial charge in [0.15, 0.2) is 0 Å². The molecule has 2 N–H and O–H groups in total. The average molecular weight is 235 g/mol. The largest absolute Gasteiger partial charge is 0.357 e. The molecule has 2 amide bonds. The van der Waals surface area contributed by atoms with Crippen molar-refractivity contribution in [1.82, 2.24) is 15.2 Å². The van der Waals surface area contributed by atoms with Crippen molar-refractivity contribution in [3.63, 3.8) is 0 Å². The minimum atomic E-state index is -0.0947. The quantitative estimate of drug-likeness (QED) is 0.740. The fourth-order valence-corrected chi connectivity index (χ4v) is 1.98. The monoisotopic (exact) mass is 235 g/mol. The molecule has 1 aromatic heterocycles. The second-order valence-corrected chi connectivity index (χ2v) is 4.18. The molecular weight excluding hydrogens is 218 g/mol. The van der Waals surface area contributed by atoms with Crippen LogP contribution in [0, 0.1) is 0 Å². The molecule has 0 bridgehead atoms. The molecule has 0 unspecified atom stereocenters. The molecule has 0 spiro atoms. The van der Waals surface area contributed by atoms with E-state index < -0.39 is 0 Å². The van der Waals surface area contributed by atoms with Gasteiger partial charge in [-0.15, -0.1) is 0 Å². The Morgan fingerprint density at radius 3 is 3.06 bits per heavy atom. The lowest BCUT2D eigenvalue weighted by Crippen LogP contribution is -2.30. The van der Waals surface area contributed by atoms with Gasteiger partial charge in [0.2, 0.25) is 5.91 Å². The van der Waals surface area contributed by atoms with Gasteiger partial charge in [0.05, 0.1) is 0 Å². The SMILES string of the molecule is O=C(NCCCN1CCCC1=O)c1ccc[nH]1. The maximum Gasteiger partial charge on any atom is 0.267 e. The lowest BCUT2D eigenvalue weighted by molar-refractivity contribution is -0.127. The fraction of sp³-hybridized carbons (Fsp3) is 0.500. The third kappa shape index (κ3) is 3.09. The van der Waals surface area contributed by atoms with Gasteiger partial charge in [-0.3, -0.25) is 9.59 Å². The zero-order valence-corrected chi connectivity index (χ0v) is 9.74. The highest BCUT2D eigenvalue weighted by atomic mass is 16.2. The molecule has 1 fully saturated rings. The summed E-state index contributed by atoms with van der Waals surface area (Å²) in [5.41, 5.74) is 0.572. The van der Waals surface area contributed by atoms with Gasteiger partial charge in [-0.2, -0.15) is 0 Å². The molecule has 17 heavy (non-hydrogen) atoms. The molecule has 0 aliphatic carbocycles. The van der Waals surface area contributed by atoms with E-state index in [1.807, 2.05) is 4.90 Å². The Morgan fingerprint density at radius 1 is 1.53 bits per heavy atom. The molecular formula is C12H17N3O2. The van der Waals surface area contributed by atoms with Gasteiger partial charge < -0.3 is 15.2 Å². The van der Waals surface area contributed by atoms with E-state index in [0.29, 0.717) is 18.7 Å². The molecule has 0 atom stereocenters. The number of likely N-dealkylation sites (tertiary alicyclic amines) is 1. The Balaban J connectivity index is 1.63. The number of carbonyl (C=O) groups is 2. The highest BCUT2D eigenvalue weighted by Crippen LogP contribution is 2.09. The smallest absolute Gasteiger partial charge is 0.267 e. The molecule has 0 aromatic carbocycles. The summed E-state index contributed by atoms with van der Waals surface area (Å²) in [5.74, 6) is 0.142. The number of hydrogen-bond acceptors (Lipinski definition) is 2. The summed E-state index contributed by atoms with van der Waals surface area (Å²) >= 11 is 0. The van der Waals surface area contributed by atoms with E-state index in [-0.39, 0.29) is 11.8 Å². The van der Waals surface area contributed by atoms with Crippen molar-refractivity contribution < 1.29 is 9.59 Å². The number of rotatable bonds is 5. The Kier molecular flexibility index (Phi) is 3.80. The Morgan fingerprint density at radius 2 is 2.41 bits per heavy atom. The number of nitrogens with zero attached hydrogens (tertiary/aromatic N) is 1. The van der Waals surface area contributed by atoms with Crippen molar-refractivity contribution in [2.75, 3.05) is 19.6 Å². The molecule has 5 nitrogen and oxygen atoms in total. The first kappa shape index (κ1) is 11.7. The van der Waals surface area contributed by atoms with Crippen LogP contribution in [0.25, 0.3) is 0 Å². The van der Waals surface area contributed by atoms with E-state index in [4.69, 9.17) is 0 Å². The van der Waals surface area contributed by atoms with Crippen LogP contribution in [-0.4, -0.2) is 41.3 Å². The fourth-order valence-electron chi connectivity index (χ4n) is 1.98. The Labute approximate surface area is 100 Å². The summed E-state index contributed by atoms with van der Waals surface area (Å²) in [7, 11) is 0. The average Bonchev–Trinajstić information content (AvgIpc) is 2.96. The topological polar surface area (TPSA) is 65.2 Å². The van der Waals surface area contributed by atoms with Crippen LogP contribution in [0.3, 0.4) is 0 Å². The lowest BCUT2D eigenvalue weighted by Gasteiger charge is -2.15. The van der Waals surface area contributed by atoms with Gasteiger partial charge in [-0.05, 0) is 25.0 Å². The van der Waals surface area contributed by atoms with E-state index in [2.05, 4.69) is 10.3 Å². The summed E-state index contributed by atoms with van der Waals surface area (Å²) in [6.45, 7) is 2.20. The van der Waals surface area contributed by atoms with Gasteiger partial charge in [0.1, 0.15) is 5.69 Å². The first-order chi connectivity index (χ1) is 8.27. The molecule has 92 valence electrons. The minimum absolute atomic E-state index is 0.0947. The molecule has 1 aliphatic heterocycles. The van der Waals surface area contributed by atoms with Crippen LogP contribution in [0.15, 0.2) is 18.3 Å². The Hall–Kier alpha value is -1.78. The predicted octanol–water partition coefficient (Wildman–Crippen LogP) is 0.757. The molecule has 1 saturated heterocycles. The zero-order chi connectivity index (χ0) is 12.1. The van der Waals surface area contributed by atoms with Crippen molar-refractivity contribution in [3.8, 4) is 0 Å². The van der Waals surface area contributed by atoms with Crippen molar-refractivity contribution in [1.29, 1.82) is 0 Å². The van der Waals surface area contributed by atoms with Gasteiger partial charge in [-0.25, -0.2) is 0 Å². The van der Waals surface area contributed by atoms with Crippen LogP contribution in [0.5, 0.6) is 0 Å². The number of hydrogen-bond donors (Lipinski definition) is 2. The number of nitrogens with one attached hydrogen (secondary N) is 2. The number of carbonyl (C=O) groups excluding carboxylic acids is 2. The van der Waals surface area contributed by atoms with Crippen molar-refractivity contribution >= 4 is 11.8 Å². The predicted molar refractivity (Wildman–Crippen MR) is 63.6 cm³/mol. The molecule has 1 aliphatic rings. The first-order valence-electron chi connectivity index (χ1n) is 5.97. The van der Waals surface area contributed by atoms with E-state index in [1.165, 1.54) is 0 Å². The van der Waals surface area contributed by atoms with E-state index in [1.54, 1.807) is 18.3 Å². The van der Waals surface area contributed by atoms with E-state index in [0.717, 1.165) is 25.9 Å². The van der Waals surface area contributed by atoms with Crippen LogP contribution >= 0.6 is 0 Å². The first-order valence-corrected chi connectivity index (χ1v) is 5.97. The van der Waals surface area contributed by atoms with Gasteiger partial charge in [0, 0.05) is 32.3 Å². The lowest BCUT2D eigenvalue weighted by atomic mass is 10.3. The number of H-pyrrole nitrogens is 1. The molecule has 1 aromatic rings. The van der Waals surface area contributed by atoms with Gasteiger partial charge in [-0.1, -0.05) is 0 Å². The van der Waals surface area contributed by atoms with Crippen LogP contribution in [0.4, 0.5) is 0 Å². The van der Waals surface area contributed by atoms with E-state index in [9.17, 15) is 9.59 Å². The molecule has 0 saturated carbocycles. The summed E-state index contributed by atoms with van der Waals surface area (Å²) in [6.07, 6.45) is 4.17. The number of amides is 2. The van der Waals surface area contributed by atoms with Crippen LogP contribution < -0.4 is 5.32 Å². The van der Waals surface area contributed by atoms with Crippen molar-refractivity contribution in [2.45, 2.75) is 19.3 Å². The maximum absolute atomic E-state index is 11.5. The summed E-state index contributed by atoms with van der Waals surface area (Å²) < 4.78 is 0. The zero-order valence-electron chi connectivity index (χ0n) is 9.74. The highest BCUT2D eigenvalue weighted by molar-refractivity contribution is 5.92. The summed E-state index contributed by atoms with van der Waals surface area (Å²) in [4.78, 5) is 27.6. The third-order valence-electron chi connectivity index (χ3n) is 2.90. The molecule has 0 radical (unpaired) electrons. The van der Waals surface area contributed by atoms with Gasteiger partial charge >= 0.3 is 0 Å². The molecule has 2 rings (SSSR count). The van der Waals surface area contributed by atoms with Gasteiger partial charge in [0.25, 0.3) is 5.91 Å². The standard InChI is InChI=1S/C12H17N3O2/c16-11-5-2-8-15(11)9-3-7-14-12(17)10-4-1-6-13-10/h1,4,6,13H,2-3,5,7-9H2,(H,14,17). The molecule has 5 heteroatoms. The maximum atomic E-state index is 11.5. The second kappa shape index (κ2) is 5.52. The third-order valence-corrected chi connectivity index (χ3v) is 2.90. The molecule has 2 heterocycles. The minimum Gasteiger partial charge on any atom is -0.357 e. The number of aromatic amines is 1. The summed E-state index contributed by atoms with van der Waals surface area (Å²) in [5, 5.41) is 2.82. The summed E-state index contributed by atoms with van der Waals surface area (Å²) in [6, 6.07) is 3.52. The van der Waals surface area contributed by atoms with Crippen LogP contribution in [0.1, 0.15) is 29.8 Å². The normalized spacial score (nSPS) is 15.3. The van der Waals surface area contributed by atoms with Crippen molar-refractivity contribution in [3.05, 3.63) is 24.0 Å². The van der Waals surface area contributed by atoms with Crippen LogP contribution in [0.2, 0.25) is 0 Å². The second-order valence-electron chi connectivity index (χ2n) is 4.18. The number of aromatic nitrogens is 1. The van der Waals surface area contributed by atoms with Crippen molar-refractivity contribution in [2.24, 2.45) is 0 Å². The van der Waals surface area contributed by atoms with Crippen LogP contribution in [-0.2, 0) is 4.79 Å². The highest BCUT2D eigenvalue weighted by Gasteiger charge is 2.19. The Bertz CT molecular complexity index is 386. The van der Waals surface area contributed by atoms with E-state index >= 15 is 0 Å².